The molecule has 2 rings (SSSR count). The van der Waals surface area contributed by atoms with Crippen molar-refractivity contribution in [2.45, 2.75) is 66.7 Å². The minimum absolute atomic E-state index is 0.419. The predicted molar refractivity (Wildman–Crippen MR) is 86.4 cm³/mol. The molecule has 0 unspecified atom stereocenters. The lowest BCUT2D eigenvalue weighted by Gasteiger charge is -2.22. The van der Waals surface area contributed by atoms with E-state index in [1.165, 1.54) is 17.7 Å². The maximum absolute atomic E-state index is 5.86. The summed E-state index contributed by atoms with van der Waals surface area (Å²) in [5.74, 6) is 1.26. The Labute approximate surface area is 129 Å². The Balaban J connectivity index is 1.89. The summed E-state index contributed by atoms with van der Waals surface area (Å²) in [5, 5.41) is 8.28. The van der Waals surface area contributed by atoms with Gasteiger partial charge in [0.15, 0.2) is 0 Å². The number of ether oxygens (including phenoxy) is 1. The summed E-state index contributed by atoms with van der Waals surface area (Å²) >= 11 is 0. The van der Waals surface area contributed by atoms with Crippen LogP contribution >= 0.6 is 0 Å². The molecule has 2 heterocycles. The Bertz CT molecular complexity index is 453. The van der Waals surface area contributed by atoms with E-state index in [1.54, 1.807) is 0 Å². The first-order valence-electron chi connectivity index (χ1n) is 8.39. The molecule has 1 aromatic heterocycles. The Morgan fingerprint density at radius 1 is 1.38 bits per heavy atom. The second kappa shape index (κ2) is 7.41. The van der Waals surface area contributed by atoms with E-state index in [-0.39, 0.29) is 0 Å². The van der Waals surface area contributed by atoms with Crippen molar-refractivity contribution < 1.29 is 4.74 Å². The zero-order valence-corrected chi connectivity index (χ0v) is 14.3. The van der Waals surface area contributed by atoms with Crippen LogP contribution in [0, 0.1) is 25.7 Å². The highest BCUT2D eigenvalue weighted by Gasteiger charge is 2.30. The molecule has 0 spiro atoms. The summed E-state index contributed by atoms with van der Waals surface area (Å²) in [6, 6.07) is 0. The van der Waals surface area contributed by atoms with Gasteiger partial charge >= 0.3 is 0 Å². The van der Waals surface area contributed by atoms with Gasteiger partial charge in [0.1, 0.15) is 0 Å². The first kappa shape index (κ1) is 16.5. The fraction of sp³-hybridized carbons (Fsp3) is 0.824. The fourth-order valence-electron chi connectivity index (χ4n) is 3.41. The van der Waals surface area contributed by atoms with Crippen LogP contribution in [0.1, 0.15) is 50.6 Å². The topological polar surface area (TPSA) is 39.1 Å². The lowest BCUT2D eigenvalue weighted by atomic mass is 9.93. The summed E-state index contributed by atoms with van der Waals surface area (Å²) in [6.45, 7) is 14.9. The third-order valence-corrected chi connectivity index (χ3v) is 4.60. The molecule has 1 N–H and O–H groups in total. The highest BCUT2D eigenvalue weighted by atomic mass is 16.5. The standard InChI is InChI=1S/C17H31N3O/c1-6-8-20-14(5)16(13(4)19-20)11-18-10-15-7-9-21-17(15)12(2)3/h12,15,17-18H,6-11H2,1-5H3/t15-,17-/m1/s1. The van der Waals surface area contributed by atoms with Crippen LogP contribution in [-0.2, 0) is 17.8 Å². The highest BCUT2D eigenvalue weighted by molar-refractivity contribution is 5.24. The highest BCUT2D eigenvalue weighted by Crippen LogP contribution is 2.26. The average Bonchev–Trinajstić information content (AvgIpc) is 2.99. The van der Waals surface area contributed by atoms with E-state index < -0.39 is 0 Å². The number of aryl methyl sites for hydroxylation is 2. The molecule has 4 heteroatoms. The van der Waals surface area contributed by atoms with Crippen LogP contribution in [0.5, 0.6) is 0 Å². The largest absolute Gasteiger partial charge is 0.378 e. The van der Waals surface area contributed by atoms with E-state index in [0.29, 0.717) is 17.9 Å². The first-order valence-corrected chi connectivity index (χ1v) is 8.39. The van der Waals surface area contributed by atoms with Crippen molar-refractivity contribution in [3.63, 3.8) is 0 Å². The van der Waals surface area contributed by atoms with Crippen molar-refractivity contribution in [2.24, 2.45) is 11.8 Å². The molecule has 120 valence electrons. The number of hydrogen-bond acceptors (Lipinski definition) is 3. The maximum atomic E-state index is 5.86. The second-order valence-electron chi connectivity index (χ2n) is 6.63. The van der Waals surface area contributed by atoms with Crippen molar-refractivity contribution in [1.29, 1.82) is 0 Å². The Hall–Kier alpha value is -0.870. The molecule has 0 bridgehead atoms. The molecule has 1 fully saturated rings. The van der Waals surface area contributed by atoms with Gasteiger partial charge < -0.3 is 10.1 Å². The van der Waals surface area contributed by atoms with Crippen LogP contribution in [0.3, 0.4) is 0 Å². The van der Waals surface area contributed by atoms with Crippen LogP contribution in [0.2, 0.25) is 0 Å². The SMILES string of the molecule is CCCn1nc(C)c(CNC[C@H]2CCO[C@@H]2C(C)C)c1C. The van der Waals surface area contributed by atoms with Crippen molar-refractivity contribution in [1.82, 2.24) is 15.1 Å². The van der Waals surface area contributed by atoms with Crippen LogP contribution in [-0.4, -0.2) is 29.0 Å². The Kier molecular flexibility index (Phi) is 5.82. The summed E-state index contributed by atoms with van der Waals surface area (Å²) in [7, 11) is 0. The molecule has 2 atom stereocenters. The molecule has 1 aliphatic rings. The van der Waals surface area contributed by atoms with E-state index in [4.69, 9.17) is 4.74 Å². The molecule has 1 aromatic rings. The van der Waals surface area contributed by atoms with Gasteiger partial charge in [-0.2, -0.15) is 5.10 Å². The number of hydrogen-bond donors (Lipinski definition) is 1. The van der Waals surface area contributed by atoms with Crippen molar-refractivity contribution in [3.8, 4) is 0 Å². The van der Waals surface area contributed by atoms with Gasteiger partial charge in [-0.1, -0.05) is 20.8 Å². The summed E-state index contributed by atoms with van der Waals surface area (Å²) in [4.78, 5) is 0. The van der Waals surface area contributed by atoms with Crippen LogP contribution < -0.4 is 5.32 Å². The molecule has 1 aliphatic heterocycles. The van der Waals surface area contributed by atoms with Gasteiger partial charge in [-0.15, -0.1) is 0 Å². The van der Waals surface area contributed by atoms with Crippen LogP contribution in [0.25, 0.3) is 0 Å². The average molecular weight is 293 g/mol. The van der Waals surface area contributed by atoms with Crippen molar-refractivity contribution in [2.75, 3.05) is 13.2 Å². The van der Waals surface area contributed by atoms with Crippen LogP contribution in [0.4, 0.5) is 0 Å². The van der Waals surface area contributed by atoms with Crippen molar-refractivity contribution >= 4 is 0 Å². The molecule has 0 aromatic carbocycles. The molecule has 0 saturated carbocycles. The quantitative estimate of drug-likeness (QED) is 0.840. The van der Waals surface area contributed by atoms with Crippen molar-refractivity contribution in [3.05, 3.63) is 17.0 Å². The third-order valence-electron chi connectivity index (χ3n) is 4.60. The van der Waals surface area contributed by atoms with Gasteiger partial charge in [-0.3, -0.25) is 4.68 Å². The Morgan fingerprint density at radius 3 is 2.81 bits per heavy atom. The lowest BCUT2D eigenvalue weighted by molar-refractivity contribution is 0.0539. The van der Waals surface area contributed by atoms with E-state index in [1.807, 2.05) is 0 Å². The van der Waals surface area contributed by atoms with E-state index in [0.717, 1.165) is 38.4 Å². The zero-order valence-electron chi connectivity index (χ0n) is 14.3. The molecule has 1 saturated heterocycles. The number of rotatable bonds is 7. The van der Waals surface area contributed by atoms with Gasteiger partial charge in [0.05, 0.1) is 11.8 Å². The summed E-state index contributed by atoms with van der Waals surface area (Å²) in [6.07, 6.45) is 2.73. The maximum Gasteiger partial charge on any atom is 0.0641 e. The minimum Gasteiger partial charge on any atom is -0.378 e. The van der Waals surface area contributed by atoms with Gasteiger partial charge in [-0.25, -0.2) is 0 Å². The molecular formula is C17H31N3O. The first-order chi connectivity index (χ1) is 10.0. The molecule has 4 nitrogen and oxygen atoms in total. The molecule has 0 radical (unpaired) electrons. The van der Waals surface area contributed by atoms with Crippen LogP contribution in [0.15, 0.2) is 0 Å². The van der Waals surface area contributed by atoms with Gasteiger partial charge in [0, 0.05) is 37.5 Å². The Morgan fingerprint density at radius 2 is 2.14 bits per heavy atom. The normalized spacial score (nSPS) is 22.4. The minimum atomic E-state index is 0.419. The van der Waals surface area contributed by atoms with E-state index >= 15 is 0 Å². The lowest BCUT2D eigenvalue weighted by Crippen LogP contribution is -2.31. The fourth-order valence-corrected chi connectivity index (χ4v) is 3.41. The smallest absolute Gasteiger partial charge is 0.0641 e. The predicted octanol–water partition coefficient (Wildman–Crippen LogP) is 3.06. The molecular weight excluding hydrogens is 262 g/mol. The number of nitrogens with zero attached hydrogens (tertiary/aromatic N) is 2. The summed E-state index contributed by atoms with van der Waals surface area (Å²) < 4.78 is 8.00. The zero-order chi connectivity index (χ0) is 15.4. The van der Waals surface area contributed by atoms with Gasteiger partial charge in [-0.05, 0) is 38.5 Å². The third kappa shape index (κ3) is 3.86. The second-order valence-corrected chi connectivity index (χ2v) is 6.63. The monoisotopic (exact) mass is 293 g/mol. The molecule has 0 amide bonds. The summed E-state index contributed by atoms with van der Waals surface area (Å²) in [5.41, 5.74) is 3.84. The number of nitrogens with one attached hydrogen (secondary N) is 1. The molecule has 0 aliphatic carbocycles. The van der Waals surface area contributed by atoms with E-state index in [2.05, 4.69) is 49.7 Å². The molecule has 21 heavy (non-hydrogen) atoms. The van der Waals surface area contributed by atoms with E-state index in [9.17, 15) is 0 Å². The van der Waals surface area contributed by atoms with Gasteiger partial charge in [0.2, 0.25) is 0 Å². The van der Waals surface area contributed by atoms with Gasteiger partial charge in [0.25, 0.3) is 0 Å². The number of aromatic nitrogens is 2.